The van der Waals surface area contributed by atoms with Gasteiger partial charge in [0.15, 0.2) is 0 Å². The molecule has 0 radical (unpaired) electrons. The molecule has 9 heteroatoms. The Kier molecular flexibility index (Phi) is 7.75. The van der Waals surface area contributed by atoms with Crippen LogP contribution in [0.4, 0.5) is 16.2 Å². The van der Waals surface area contributed by atoms with Gasteiger partial charge in [0.2, 0.25) is 0 Å². The van der Waals surface area contributed by atoms with Crippen LogP contribution in [-0.4, -0.2) is 67.4 Å². The summed E-state index contributed by atoms with van der Waals surface area (Å²) in [6.07, 6.45) is -0.380. The third kappa shape index (κ3) is 5.80. The second kappa shape index (κ2) is 9.89. The lowest BCUT2D eigenvalue weighted by molar-refractivity contribution is 0.0158. The van der Waals surface area contributed by atoms with Crippen LogP contribution in [0.3, 0.4) is 0 Å². The minimum atomic E-state index is -0.676. The van der Waals surface area contributed by atoms with Gasteiger partial charge in [0.05, 0.1) is 30.0 Å². The number of carbonyl (C=O) groups excluding carboxylic acids is 3. The summed E-state index contributed by atoms with van der Waals surface area (Å²) in [5.74, 6) is -1.32. The molecule has 1 amide bonds. The molecule has 1 atom stereocenters. The van der Waals surface area contributed by atoms with Crippen LogP contribution in [-0.2, 0) is 14.2 Å². The number of ether oxygens (including phenoxy) is 3. The summed E-state index contributed by atoms with van der Waals surface area (Å²) in [5, 5.41) is 0. The van der Waals surface area contributed by atoms with Gasteiger partial charge in [-0.25, -0.2) is 14.4 Å². The van der Waals surface area contributed by atoms with Gasteiger partial charge in [-0.15, -0.1) is 0 Å². The van der Waals surface area contributed by atoms with Crippen LogP contribution in [0.2, 0.25) is 0 Å². The van der Waals surface area contributed by atoms with E-state index in [0.717, 1.165) is 0 Å². The van der Waals surface area contributed by atoms with E-state index in [1.165, 1.54) is 0 Å². The number of rotatable bonds is 5. The summed E-state index contributed by atoms with van der Waals surface area (Å²) in [6, 6.07) is 3.09. The Hall–Kier alpha value is -2.97. The molecule has 2 N–H and O–H groups in total. The molecule has 1 heterocycles. The first-order chi connectivity index (χ1) is 14.5. The standard InChI is InChI=1S/C22H33N3O6/c1-7-29-19(26)17-15(23)9-10-16(18(17)20(27)30-8-2)24-11-12-25(14(3)13-24)21(28)31-22(4,5)6/h9-10,14H,7-8,11-13,23H2,1-6H3/t14-/m1/s1. The van der Waals surface area contributed by atoms with Crippen molar-refractivity contribution in [1.29, 1.82) is 0 Å². The van der Waals surface area contributed by atoms with Crippen LogP contribution in [0.5, 0.6) is 0 Å². The Morgan fingerprint density at radius 1 is 1.03 bits per heavy atom. The fourth-order valence-corrected chi connectivity index (χ4v) is 3.47. The molecule has 0 saturated carbocycles. The molecule has 9 nitrogen and oxygen atoms in total. The molecular formula is C22H33N3O6. The number of amides is 1. The van der Waals surface area contributed by atoms with Crippen molar-refractivity contribution in [3.8, 4) is 0 Å². The van der Waals surface area contributed by atoms with Gasteiger partial charge >= 0.3 is 18.0 Å². The van der Waals surface area contributed by atoms with Crippen molar-refractivity contribution in [2.75, 3.05) is 43.5 Å². The Bertz CT molecular complexity index is 833. The van der Waals surface area contributed by atoms with Crippen molar-refractivity contribution in [2.24, 2.45) is 0 Å². The molecule has 0 aliphatic carbocycles. The van der Waals surface area contributed by atoms with E-state index >= 15 is 0 Å². The molecule has 0 aromatic heterocycles. The molecule has 31 heavy (non-hydrogen) atoms. The van der Waals surface area contributed by atoms with Crippen LogP contribution in [0.15, 0.2) is 12.1 Å². The number of nitrogens with zero attached hydrogens (tertiary/aromatic N) is 2. The van der Waals surface area contributed by atoms with Crippen molar-refractivity contribution in [3.05, 3.63) is 23.3 Å². The molecule has 1 saturated heterocycles. The number of anilines is 2. The number of esters is 2. The monoisotopic (exact) mass is 435 g/mol. The number of hydrogen-bond acceptors (Lipinski definition) is 8. The number of piperazine rings is 1. The molecule has 1 aliphatic rings. The maximum absolute atomic E-state index is 12.8. The van der Waals surface area contributed by atoms with E-state index in [9.17, 15) is 14.4 Å². The third-order valence-corrected chi connectivity index (χ3v) is 4.77. The quantitative estimate of drug-likeness (QED) is 0.427. The second-order valence-corrected chi connectivity index (χ2v) is 8.33. The smallest absolute Gasteiger partial charge is 0.410 e. The molecule has 1 aromatic carbocycles. The lowest BCUT2D eigenvalue weighted by Crippen LogP contribution is -2.55. The molecule has 1 aliphatic heterocycles. The van der Waals surface area contributed by atoms with E-state index in [1.807, 2.05) is 32.6 Å². The fourth-order valence-electron chi connectivity index (χ4n) is 3.47. The zero-order valence-electron chi connectivity index (χ0n) is 19.2. The lowest BCUT2D eigenvalue weighted by atomic mass is 10.0. The fraction of sp³-hybridized carbons (Fsp3) is 0.591. The van der Waals surface area contributed by atoms with Crippen LogP contribution < -0.4 is 10.6 Å². The van der Waals surface area contributed by atoms with Crippen LogP contribution in [0.1, 0.15) is 62.3 Å². The summed E-state index contributed by atoms with van der Waals surface area (Å²) in [6.45, 7) is 12.3. The van der Waals surface area contributed by atoms with Gasteiger partial charge < -0.3 is 29.7 Å². The van der Waals surface area contributed by atoms with Crippen LogP contribution >= 0.6 is 0 Å². The maximum atomic E-state index is 12.8. The summed E-state index contributed by atoms with van der Waals surface area (Å²) < 4.78 is 15.8. The van der Waals surface area contributed by atoms with Crippen molar-refractivity contribution in [2.45, 2.75) is 53.2 Å². The van der Waals surface area contributed by atoms with Crippen LogP contribution in [0, 0.1) is 0 Å². The molecule has 2 rings (SSSR count). The van der Waals surface area contributed by atoms with Crippen molar-refractivity contribution in [1.82, 2.24) is 4.90 Å². The summed E-state index contributed by atoms with van der Waals surface area (Å²) in [4.78, 5) is 41.5. The Labute approximate surface area is 183 Å². The van der Waals surface area contributed by atoms with E-state index in [2.05, 4.69) is 0 Å². The van der Waals surface area contributed by atoms with Crippen molar-refractivity contribution in [3.63, 3.8) is 0 Å². The highest BCUT2D eigenvalue weighted by molar-refractivity contribution is 6.10. The average Bonchev–Trinajstić information content (AvgIpc) is 2.66. The van der Waals surface area contributed by atoms with Gasteiger partial charge in [0.1, 0.15) is 5.60 Å². The average molecular weight is 436 g/mol. The minimum Gasteiger partial charge on any atom is -0.462 e. The van der Waals surface area contributed by atoms with Crippen LogP contribution in [0.25, 0.3) is 0 Å². The first-order valence-corrected chi connectivity index (χ1v) is 10.5. The SMILES string of the molecule is CCOC(=O)c1c(N)ccc(N2CCN(C(=O)OC(C)(C)C)[C@H](C)C2)c1C(=O)OCC. The van der Waals surface area contributed by atoms with Gasteiger partial charge in [-0.1, -0.05) is 0 Å². The van der Waals surface area contributed by atoms with Crippen molar-refractivity contribution < 1.29 is 28.6 Å². The van der Waals surface area contributed by atoms with E-state index in [0.29, 0.717) is 25.3 Å². The lowest BCUT2D eigenvalue weighted by Gasteiger charge is -2.41. The highest BCUT2D eigenvalue weighted by Crippen LogP contribution is 2.32. The number of carbonyl (C=O) groups is 3. The number of nitrogens with two attached hydrogens (primary N) is 1. The molecule has 1 aromatic rings. The Morgan fingerprint density at radius 3 is 2.13 bits per heavy atom. The predicted octanol–water partition coefficient (Wildman–Crippen LogP) is 3.07. The molecule has 0 bridgehead atoms. The third-order valence-electron chi connectivity index (χ3n) is 4.77. The largest absolute Gasteiger partial charge is 0.462 e. The minimum absolute atomic E-state index is 0.0000231. The van der Waals surface area contributed by atoms with E-state index < -0.39 is 17.5 Å². The molecule has 0 unspecified atom stereocenters. The Morgan fingerprint density at radius 2 is 1.61 bits per heavy atom. The van der Waals surface area contributed by atoms with E-state index in [1.54, 1.807) is 30.9 Å². The number of nitrogen functional groups attached to an aromatic ring is 1. The maximum Gasteiger partial charge on any atom is 0.410 e. The molecule has 1 fully saturated rings. The topological polar surface area (TPSA) is 111 Å². The molecular weight excluding hydrogens is 402 g/mol. The summed E-state index contributed by atoms with van der Waals surface area (Å²) in [5.41, 5.74) is 6.20. The highest BCUT2D eigenvalue weighted by atomic mass is 16.6. The van der Waals surface area contributed by atoms with Gasteiger partial charge in [0, 0.05) is 31.4 Å². The van der Waals surface area contributed by atoms with Gasteiger partial charge in [-0.05, 0) is 53.7 Å². The highest BCUT2D eigenvalue weighted by Gasteiger charge is 2.34. The second-order valence-electron chi connectivity index (χ2n) is 8.33. The first-order valence-electron chi connectivity index (χ1n) is 10.5. The van der Waals surface area contributed by atoms with E-state index in [-0.39, 0.29) is 42.2 Å². The zero-order chi connectivity index (χ0) is 23.3. The Balaban J connectivity index is 2.38. The zero-order valence-corrected chi connectivity index (χ0v) is 19.2. The number of hydrogen-bond donors (Lipinski definition) is 1. The predicted molar refractivity (Wildman–Crippen MR) is 117 cm³/mol. The summed E-state index contributed by atoms with van der Waals surface area (Å²) in [7, 11) is 0. The summed E-state index contributed by atoms with van der Waals surface area (Å²) >= 11 is 0. The van der Waals surface area contributed by atoms with Gasteiger partial charge in [-0.3, -0.25) is 0 Å². The van der Waals surface area contributed by atoms with Gasteiger partial charge in [0.25, 0.3) is 0 Å². The van der Waals surface area contributed by atoms with E-state index in [4.69, 9.17) is 19.9 Å². The normalized spacial score (nSPS) is 16.6. The van der Waals surface area contributed by atoms with Gasteiger partial charge in [-0.2, -0.15) is 0 Å². The van der Waals surface area contributed by atoms with Crippen molar-refractivity contribution >= 4 is 29.4 Å². The first kappa shape index (κ1) is 24.3. The molecule has 172 valence electrons. The number of benzene rings is 1. The molecule has 0 spiro atoms.